The van der Waals surface area contributed by atoms with E-state index in [2.05, 4.69) is 0 Å². The van der Waals surface area contributed by atoms with Gasteiger partial charge in [-0.15, -0.1) is 0 Å². The normalized spacial score (nSPS) is 18.5. The second-order valence-electron chi connectivity index (χ2n) is 5.03. The van der Waals surface area contributed by atoms with Gasteiger partial charge in [0.05, 0.1) is 19.1 Å². The quantitative estimate of drug-likeness (QED) is 0.872. The zero-order valence-corrected chi connectivity index (χ0v) is 11.3. The number of aryl methyl sites for hydroxylation is 1. The molecule has 19 heavy (non-hydrogen) atoms. The van der Waals surface area contributed by atoms with Gasteiger partial charge in [0.1, 0.15) is 0 Å². The minimum Gasteiger partial charge on any atom is -0.395 e. The van der Waals surface area contributed by atoms with Crippen LogP contribution in [-0.4, -0.2) is 42.3 Å². The first-order chi connectivity index (χ1) is 9.20. The molecule has 2 rings (SSSR count). The Labute approximate surface area is 114 Å². The van der Waals surface area contributed by atoms with E-state index in [4.69, 9.17) is 9.84 Å². The summed E-state index contributed by atoms with van der Waals surface area (Å²) in [4.78, 5) is 14.1. The molecule has 1 N–H and O–H groups in total. The van der Waals surface area contributed by atoms with Gasteiger partial charge in [0.2, 0.25) is 5.91 Å². The van der Waals surface area contributed by atoms with Crippen LogP contribution in [0.15, 0.2) is 24.3 Å². The number of amides is 1. The molecule has 0 radical (unpaired) electrons. The summed E-state index contributed by atoms with van der Waals surface area (Å²) in [7, 11) is 0. The number of hydrogen-bond acceptors (Lipinski definition) is 3. The van der Waals surface area contributed by atoms with E-state index < -0.39 is 0 Å². The Morgan fingerprint density at radius 3 is 2.74 bits per heavy atom. The average molecular weight is 263 g/mol. The van der Waals surface area contributed by atoms with Crippen molar-refractivity contribution in [1.82, 2.24) is 4.90 Å². The third kappa shape index (κ3) is 3.78. The molecular formula is C15H21NO3. The van der Waals surface area contributed by atoms with Crippen molar-refractivity contribution in [3.63, 3.8) is 0 Å². The Bertz CT molecular complexity index is 410. The smallest absolute Gasteiger partial charge is 0.228 e. The van der Waals surface area contributed by atoms with Crippen LogP contribution in [0.2, 0.25) is 0 Å². The van der Waals surface area contributed by atoms with Crippen molar-refractivity contribution in [2.24, 2.45) is 5.92 Å². The largest absolute Gasteiger partial charge is 0.395 e. The Morgan fingerprint density at radius 2 is 2.16 bits per heavy atom. The zero-order chi connectivity index (χ0) is 13.7. The number of carbonyl (C=O) groups excluding carboxylic acids is 1. The van der Waals surface area contributed by atoms with E-state index in [1.165, 1.54) is 5.56 Å². The first-order valence-corrected chi connectivity index (χ1v) is 6.73. The molecule has 1 heterocycles. The summed E-state index contributed by atoms with van der Waals surface area (Å²) >= 11 is 0. The molecule has 1 aliphatic heterocycles. The second-order valence-corrected chi connectivity index (χ2v) is 5.03. The van der Waals surface area contributed by atoms with Crippen LogP contribution in [0.25, 0.3) is 0 Å². The fraction of sp³-hybridized carbons (Fsp3) is 0.533. The van der Waals surface area contributed by atoms with Crippen molar-refractivity contribution < 1.29 is 14.6 Å². The van der Waals surface area contributed by atoms with E-state index in [0.29, 0.717) is 26.3 Å². The first kappa shape index (κ1) is 14.0. The monoisotopic (exact) mass is 263 g/mol. The van der Waals surface area contributed by atoms with E-state index in [-0.39, 0.29) is 18.4 Å². The number of benzene rings is 1. The van der Waals surface area contributed by atoms with Crippen LogP contribution in [0.5, 0.6) is 0 Å². The highest BCUT2D eigenvalue weighted by atomic mass is 16.5. The molecule has 0 aromatic heterocycles. The SMILES string of the molecule is Cc1ccc(CN(CCO)C(=O)[C@H]2CCOC2)cc1. The molecule has 0 aliphatic carbocycles. The number of carbonyl (C=O) groups is 1. The van der Waals surface area contributed by atoms with Crippen LogP contribution in [0.4, 0.5) is 0 Å². The fourth-order valence-corrected chi connectivity index (χ4v) is 2.29. The Kier molecular flexibility index (Phi) is 4.93. The molecule has 104 valence electrons. The fourth-order valence-electron chi connectivity index (χ4n) is 2.29. The van der Waals surface area contributed by atoms with Gasteiger partial charge in [-0.2, -0.15) is 0 Å². The molecule has 0 spiro atoms. The van der Waals surface area contributed by atoms with Crippen LogP contribution in [0, 0.1) is 12.8 Å². The van der Waals surface area contributed by atoms with Crippen molar-refractivity contribution in [1.29, 1.82) is 0 Å². The molecule has 1 aromatic rings. The molecule has 1 atom stereocenters. The maximum atomic E-state index is 12.3. The van der Waals surface area contributed by atoms with Gasteiger partial charge in [0.15, 0.2) is 0 Å². The first-order valence-electron chi connectivity index (χ1n) is 6.73. The third-order valence-electron chi connectivity index (χ3n) is 3.45. The molecule has 1 saturated heterocycles. The summed E-state index contributed by atoms with van der Waals surface area (Å²) in [6.45, 7) is 4.13. The van der Waals surface area contributed by atoms with Crippen LogP contribution in [0.3, 0.4) is 0 Å². The summed E-state index contributed by atoms with van der Waals surface area (Å²) in [6, 6.07) is 8.13. The average Bonchev–Trinajstić information content (AvgIpc) is 2.94. The summed E-state index contributed by atoms with van der Waals surface area (Å²) < 4.78 is 5.26. The lowest BCUT2D eigenvalue weighted by atomic mass is 10.1. The second kappa shape index (κ2) is 6.68. The van der Waals surface area contributed by atoms with Crippen molar-refractivity contribution in [2.75, 3.05) is 26.4 Å². The van der Waals surface area contributed by atoms with Gasteiger partial charge in [0.25, 0.3) is 0 Å². The van der Waals surface area contributed by atoms with Crippen LogP contribution >= 0.6 is 0 Å². The summed E-state index contributed by atoms with van der Waals surface area (Å²) in [5.41, 5.74) is 2.29. The highest BCUT2D eigenvalue weighted by molar-refractivity contribution is 5.79. The third-order valence-corrected chi connectivity index (χ3v) is 3.45. The standard InChI is InChI=1S/C15H21NO3/c1-12-2-4-13(5-3-12)10-16(7-8-17)15(18)14-6-9-19-11-14/h2-5,14,17H,6-11H2,1H3/t14-/m0/s1. The van der Waals surface area contributed by atoms with Gasteiger partial charge in [-0.05, 0) is 18.9 Å². The van der Waals surface area contributed by atoms with Crippen molar-refractivity contribution in [3.8, 4) is 0 Å². The molecule has 4 nitrogen and oxygen atoms in total. The van der Waals surface area contributed by atoms with Crippen molar-refractivity contribution >= 4 is 5.91 Å². The van der Waals surface area contributed by atoms with Crippen LogP contribution < -0.4 is 0 Å². The van der Waals surface area contributed by atoms with Crippen LogP contribution in [0.1, 0.15) is 17.5 Å². The van der Waals surface area contributed by atoms with E-state index in [9.17, 15) is 4.79 Å². The highest BCUT2D eigenvalue weighted by Crippen LogP contribution is 2.17. The molecule has 0 unspecified atom stereocenters. The predicted octanol–water partition coefficient (Wildman–Crippen LogP) is 1.35. The number of ether oxygens (including phenoxy) is 1. The molecule has 0 bridgehead atoms. The van der Waals surface area contributed by atoms with Gasteiger partial charge >= 0.3 is 0 Å². The Hall–Kier alpha value is -1.39. The van der Waals surface area contributed by atoms with Gasteiger partial charge in [-0.3, -0.25) is 4.79 Å². The topological polar surface area (TPSA) is 49.8 Å². The summed E-state index contributed by atoms with van der Waals surface area (Å²) in [6.07, 6.45) is 0.786. The maximum absolute atomic E-state index is 12.3. The molecular weight excluding hydrogens is 242 g/mol. The van der Waals surface area contributed by atoms with Gasteiger partial charge in [-0.25, -0.2) is 0 Å². The summed E-state index contributed by atoms with van der Waals surface area (Å²) in [5, 5.41) is 9.13. The number of rotatable bonds is 5. The highest BCUT2D eigenvalue weighted by Gasteiger charge is 2.27. The zero-order valence-electron chi connectivity index (χ0n) is 11.3. The van der Waals surface area contributed by atoms with E-state index in [1.807, 2.05) is 31.2 Å². The minimum absolute atomic E-state index is 0.00875. The minimum atomic E-state index is -0.0444. The van der Waals surface area contributed by atoms with E-state index >= 15 is 0 Å². The number of aliphatic hydroxyl groups is 1. The molecule has 1 aromatic carbocycles. The lowest BCUT2D eigenvalue weighted by molar-refractivity contribution is -0.136. The lowest BCUT2D eigenvalue weighted by Crippen LogP contribution is -2.37. The maximum Gasteiger partial charge on any atom is 0.228 e. The van der Waals surface area contributed by atoms with Crippen LogP contribution in [-0.2, 0) is 16.1 Å². The molecule has 1 fully saturated rings. The molecule has 4 heteroatoms. The van der Waals surface area contributed by atoms with E-state index in [0.717, 1.165) is 12.0 Å². The van der Waals surface area contributed by atoms with Gasteiger partial charge in [0, 0.05) is 19.7 Å². The predicted molar refractivity (Wildman–Crippen MR) is 72.6 cm³/mol. The molecule has 1 amide bonds. The molecule has 0 saturated carbocycles. The van der Waals surface area contributed by atoms with Crippen molar-refractivity contribution in [3.05, 3.63) is 35.4 Å². The molecule has 1 aliphatic rings. The Balaban J connectivity index is 2.02. The van der Waals surface area contributed by atoms with Gasteiger partial charge in [-0.1, -0.05) is 29.8 Å². The van der Waals surface area contributed by atoms with Gasteiger partial charge < -0.3 is 14.7 Å². The van der Waals surface area contributed by atoms with E-state index in [1.54, 1.807) is 4.90 Å². The number of nitrogens with zero attached hydrogens (tertiary/aromatic N) is 1. The Morgan fingerprint density at radius 1 is 1.42 bits per heavy atom. The summed E-state index contributed by atoms with van der Waals surface area (Å²) in [5.74, 6) is 0.0455. The lowest BCUT2D eigenvalue weighted by Gasteiger charge is -2.24. The number of aliphatic hydroxyl groups excluding tert-OH is 1. The number of hydrogen-bond donors (Lipinski definition) is 1. The van der Waals surface area contributed by atoms with Crippen molar-refractivity contribution in [2.45, 2.75) is 19.9 Å².